The molecule has 1 rings (SSSR count). The van der Waals surface area contributed by atoms with E-state index < -0.39 is 13.9 Å². The standard InChI is InChI=1S/C17H35NO3Si/c1-16(2,3)20-15(19)18-13-9-11-14(12-10-13)21-22(7,8)17(4,5)6/h13-14H,9-12H2,1-8H3,(H,18,19). The predicted molar refractivity (Wildman–Crippen MR) is 93.7 cm³/mol. The van der Waals surface area contributed by atoms with Crippen molar-refractivity contribution in [3.63, 3.8) is 0 Å². The Labute approximate surface area is 137 Å². The minimum Gasteiger partial charge on any atom is -0.444 e. The zero-order valence-corrected chi connectivity index (χ0v) is 16.7. The van der Waals surface area contributed by atoms with Crippen LogP contribution in [-0.2, 0) is 9.16 Å². The van der Waals surface area contributed by atoms with Gasteiger partial charge in [-0.3, -0.25) is 0 Å². The molecule has 0 saturated heterocycles. The van der Waals surface area contributed by atoms with Crippen LogP contribution in [0.4, 0.5) is 4.79 Å². The highest BCUT2D eigenvalue weighted by Gasteiger charge is 2.39. The van der Waals surface area contributed by atoms with Gasteiger partial charge in [-0.15, -0.1) is 0 Å². The topological polar surface area (TPSA) is 47.6 Å². The summed E-state index contributed by atoms with van der Waals surface area (Å²) in [6.45, 7) is 17.1. The number of alkyl carbamates (subject to hydrolysis) is 1. The first-order valence-corrected chi connectivity index (χ1v) is 11.4. The summed E-state index contributed by atoms with van der Waals surface area (Å²) in [4.78, 5) is 11.8. The largest absolute Gasteiger partial charge is 0.444 e. The highest BCUT2D eigenvalue weighted by atomic mass is 28.4. The van der Waals surface area contributed by atoms with Gasteiger partial charge >= 0.3 is 6.09 Å². The predicted octanol–water partition coefficient (Wildman–Crippen LogP) is 4.84. The van der Waals surface area contributed by atoms with Gasteiger partial charge < -0.3 is 14.5 Å². The Hall–Kier alpha value is -0.553. The molecule has 0 aromatic heterocycles. The van der Waals surface area contributed by atoms with E-state index in [2.05, 4.69) is 39.2 Å². The molecule has 4 nitrogen and oxygen atoms in total. The van der Waals surface area contributed by atoms with Crippen LogP contribution in [0.3, 0.4) is 0 Å². The second-order valence-corrected chi connectivity index (χ2v) is 13.8. The Morgan fingerprint density at radius 2 is 1.50 bits per heavy atom. The molecule has 5 heteroatoms. The van der Waals surface area contributed by atoms with Crippen molar-refractivity contribution in [3.05, 3.63) is 0 Å². The maximum Gasteiger partial charge on any atom is 0.407 e. The van der Waals surface area contributed by atoms with Crippen LogP contribution in [0.1, 0.15) is 67.2 Å². The number of nitrogens with one attached hydrogen (secondary N) is 1. The van der Waals surface area contributed by atoms with Crippen LogP contribution in [0.15, 0.2) is 0 Å². The average Bonchev–Trinajstić information content (AvgIpc) is 2.27. The number of carbonyl (C=O) groups is 1. The Balaban J connectivity index is 2.40. The van der Waals surface area contributed by atoms with E-state index in [0.29, 0.717) is 6.10 Å². The third-order valence-electron chi connectivity index (χ3n) is 4.66. The lowest BCUT2D eigenvalue weighted by Gasteiger charge is -2.41. The van der Waals surface area contributed by atoms with E-state index in [1.54, 1.807) is 0 Å². The Morgan fingerprint density at radius 1 is 1.00 bits per heavy atom. The second kappa shape index (κ2) is 6.91. The Bertz CT molecular complexity index is 374. The molecular weight excluding hydrogens is 294 g/mol. The minimum absolute atomic E-state index is 0.217. The van der Waals surface area contributed by atoms with E-state index in [0.717, 1.165) is 25.7 Å². The van der Waals surface area contributed by atoms with E-state index in [9.17, 15) is 4.79 Å². The van der Waals surface area contributed by atoms with Crippen molar-refractivity contribution in [3.8, 4) is 0 Å². The summed E-state index contributed by atoms with van der Waals surface area (Å²) in [5.74, 6) is 0. The van der Waals surface area contributed by atoms with Crippen LogP contribution in [-0.4, -0.2) is 32.2 Å². The van der Waals surface area contributed by atoms with Crippen LogP contribution in [0.5, 0.6) is 0 Å². The van der Waals surface area contributed by atoms with Gasteiger partial charge in [-0.2, -0.15) is 0 Å². The third kappa shape index (κ3) is 6.29. The summed E-state index contributed by atoms with van der Waals surface area (Å²) in [6.07, 6.45) is 4.02. The van der Waals surface area contributed by atoms with Crippen LogP contribution in [0.2, 0.25) is 18.1 Å². The fraction of sp³-hybridized carbons (Fsp3) is 0.941. The minimum atomic E-state index is -1.69. The third-order valence-corrected chi connectivity index (χ3v) is 9.20. The van der Waals surface area contributed by atoms with Crippen LogP contribution in [0.25, 0.3) is 0 Å². The molecule has 0 bridgehead atoms. The van der Waals surface area contributed by atoms with Crippen molar-refractivity contribution >= 4 is 14.4 Å². The SMILES string of the molecule is CC(C)(C)OC(=O)NC1CCC(O[Si](C)(C)C(C)(C)C)CC1. The summed E-state index contributed by atoms with van der Waals surface area (Å²) in [6, 6.07) is 0.217. The summed E-state index contributed by atoms with van der Waals surface area (Å²) in [5.41, 5.74) is -0.438. The maximum absolute atomic E-state index is 11.8. The van der Waals surface area contributed by atoms with Crippen LogP contribution in [0, 0.1) is 0 Å². The maximum atomic E-state index is 11.8. The number of amides is 1. The molecule has 0 aromatic rings. The Morgan fingerprint density at radius 3 is 1.91 bits per heavy atom. The van der Waals surface area contributed by atoms with E-state index in [4.69, 9.17) is 9.16 Å². The molecule has 22 heavy (non-hydrogen) atoms. The lowest BCUT2D eigenvalue weighted by atomic mass is 9.93. The van der Waals surface area contributed by atoms with Gasteiger partial charge in [0.1, 0.15) is 5.60 Å². The van der Waals surface area contributed by atoms with Crippen molar-refractivity contribution < 1.29 is 14.0 Å². The normalized spacial score (nSPS) is 24.0. The van der Waals surface area contributed by atoms with Gasteiger partial charge in [-0.1, -0.05) is 20.8 Å². The van der Waals surface area contributed by atoms with E-state index in [1.165, 1.54) is 0 Å². The molecule has 1 aliphatic rings. The van der Waals surface area contributed by atoms with Crippen molar-refractivity contribution in [2.45, 2.75) is 103 Å². The quantitative estimate of drug-likeness (QED) is 0.753. The molecular formula is C17H35NO3Si. The van der Waals surface area contributed by atoms with Gasteiger partial charge in [0.25, 0.3) is 0 Å². The van der Waals surface area contributed by atoms with Crippen LogP contribution < -0.4 is 5.32 Å². The molecule has 1 saturated carbocycles. The molecule has 0 radical (unpaired) electrons. The van der Waals surface area contributed by atoms with E-state index in [-0.39, 0.29) is 17.2 Å². The van der Waals surface area contributed by atoms with Crippen LogP contribution >= 0.6 is 0 Å². The number of carbonyl (C=O) groups excluding carboxylic acids is 1. The van der Waals surface area contributed by atoms with E-state index in [1.807, 2.05) is 20.8 Å². The van der Waals surface area contributed by atoms with Crippen molar-refractivity contribution in [1.82, 2.24) is 5.32 Å². The molecule has 130 valence electrons. The highest BCUT2D eigenvalue weighted by Crippen LogP contribution is 2.39. The molecule has 0 spiro atoms. The molecule has 0 heterocycles. The summed E-state index contributed by atoms with van der Waals surface area (Å²) in [5, 5.41) is 3.23. The second-order valence-electron chi connectivity index (χ2n) is 9.00. The first kappa shape index (κ1) is 19.5. The molecule has 0 aliphatic heterocycles. The van der Waals surface area contributed by atoms with Crippen molar-refractivity contribution in [2.75, 3.05) is 0 Å². The van der Waals surface area contributed by atoms with E-state index >= 15 is 0 Å². The van der Waals surface area contributed by atoms with Crippen molar-refractivity contribution in [2.24, 2.45) is 0 Å². The van der Waals surface area contributed by atoms with Gasteiger partial charge in [0.05, 0.1) is 0 Å². The van der Waals surface area contributed by atoms with Gasteiger partial charge in [0, 0.05) is 12.1 Å². The Kier molecular flexibility index (Phi) is 6.12. The zero-order valence-electron chi connectivity index (χ0n) is 15.7. The summed E-state index contributed by atoms with van der Waals surface area (Å²) < 4.78 is 11.8. The molecule has 0 atom stereocenters. The number of hydrogen-bond acceptors (Lipinski definition) is 3. The lowest BCUT2D eigenvalue weighted by molar-refractivity contribution is 0.0466. The number of rotatable bonds is 3. The van der Waals surface area contributed by atoms with Gasteiger partial charge in [-0.05, 0) is 64.6 Å². The van der Waals surface area contributed by atoms with Gasteiger partial charge in [-0.25, -0.2) is 4.79 Å². The lowest BCUT2D eigenvalue weighted by Crippen LogP contribution is -2.47. The molecule has 0 unspecified atom stereocenters. The summed E-state index contributed by atoms with van der Waals surface area (Å²) >= 11 is 0. The molecule has 1 fully saturated rings. The molecule has 1 aliphatic carbocycles. The molecule has 0 aromatic carbocycles. The monoisotopic (exact) mass is 329 g/mol. The first-order chi connectivity index (χ1) is 9.80. The molecule has 1 N–H and O–H groups in total. The smallest absolute Gasteiger partial charge is 0.407 e. The number of ether oxygens (including phenoxy) is 1. The molecule has 1 amide bonds. The number of hydrogen-bond donors (Lipinski definition) is 1. The van der Waals surface area contributed by atoms with Gasteiger partial charge in [0.15, 0.2) is 8.32 Å². The highest BCUT2D eigenvalue weighted by molar-refractivity contribution is 6.74. The average molecular weight is 330 g/mol. The zero-order chi connectivity index (χ0) is 17.2. The van der Waals surface area contributed by atoms with Crippen molar-refractivity contribution in [1.29, 1.82) is 0 Å². The first-order valence-electron chi connectivity index (χ1n) is 8.47. The fourth-order valence-corrected chi connectivity index (χ4v) is 3.82. The fourth-order valence-electron chi connectivity index (χ4n) is 2.39. The summed E-state index contributed by atoms with van der Waals surface area (Å²) in [7, 11) is -1.69. The van der Waals surface area contributed by atoms with Gasteiger partial charge in [0.2, 0.25) is 0 Å².